The summed E-state index contributed by atoms with van der Waals surface area (Å²) in [5.74, 6) is -1.15. The van der Waals surface area contributed by atoms with E-state index in [1.54, 1.807) is 22.9 Å². The molecule has 1 unspecified atom stereocenters. The molecule has 0 spiro atoms. The quantitative estimate of drug-likeness (QED) is 0.620. The third-order valence-electron chi connectivity index (χ3n) is 4.46. The Hall–Kier alpha value is -4.13. The van der Waals surface area contributed by atoms with Crippen molar-refractivity contribution in [1.29, 1.82) is 0 Å². The number of amides is 1. The first-order chi connectivity index (χ1) is 14.1. The Balaban J connectivity index is 1.65. The molecule has 7 heteroatoms. The molecule has 1 aliphatic heterocycles. The highest BCUT2D eigenvalue weighted by Gasteiger charge is 2.27. The van der Waals surface area contributed by atoms with Crippen LogP contribution in [0, 0.1) is 0 Å². The minimum absolute atomic E-state index is 0.00512. The van der Waals surface area contributed by atoms with Crippen LogP contribution in [0.5, 0.6) is 0 Å². The van der Waals surface area contributed by atoms with E-state index in [2.05, 4.69) is 15.7 Å². The van der Waals surface area contributed by atoms with Crippen LogP contribution in [0.25, 0.3) is 6.08 Å². The van der Waals surface area contributed by atoms with Crippen molar-refractivity contribution in [2.45, 2.75) is 6.04 Å². The van der Waals surface area contributed by atoms with Crippen LogP contribution in [0.4, 0.5) is 11.5 Å². The third-order valence-corrected chi connectivity index (χ3v) is 4.46. The van der Waals surface area contributed by atoms with Crippen molar-refractivity contribution < 1.29 is 14.7 Å². The number of para-hydroxylation sites is 1. The van der Waals surface area contributed by atoms with Crippen LogP contribution in [0.2, 0.25) is 0 Å². The van der Waals surface area contributed by atoms with Gasteiger partial charge in [0, 0.05) is 5.69 Å². The van der Waals surface area contributed by atoms with Crippen LogP contribution in [0.1, 0.15) is 22.0 Å². The van der Waals surface area contributed by atoms with E-state index in [4.69, 9.17) is 0 Å². The summed E-state index contributed by atoms with van der Waals surface area (Å²) in [4.78, 5) is 24.3. The van der Waals surface area contributed by atoms with Gasteiger partial charge < -0.3 is 15.7 Å². The summed E-state index contributed by atoms with van der Waals surface area (Å²) in [7, 11) is 0. The summed E-state index contributed by atoms with van der Waals surface area (Å²) in [5, 5.41) is 19.4. The van der Waals surface area contributed by atoms with Crippen molar-refractivity contribution in [2.24, 2.45) is 0 Å². The number of fused-ring (bicyclic) bond motifs is 1. The molecule has 0 bridgehead atoms. The number of nitrogens with one attached hydrogen (secondary N) is 2. The van der Waals surface area contributed by atoms with E-state index < -0.39 is 12.0 Å². The average molecular weight is 386 g/mol. The Morgan fingerprint density at radius 1 is 1.07 bits per heavy atom. The lowest BCUT2D eigenvalue weighted by Gasteiger charge is -2.22. The fourth-order valence-electron chi connectivity index (χ4n) is 3.05. The van der Waals surface area contributed by atoms with Crippen LogP contribution in [0.15, 0.2) is 84.7 Å². The van der Waals surface area contributed by atoms with Crippen LogP contribution in [-0.4, -0.2) is 26.8 Å². The number of aliphatic carboxylic acids is 1. The summed E-state index contributed by atoms with van der Waals surface area (Å²) in [6, 6.07) is 18.2. The molecule has 1 aliphatic rings. The van der Waals surface area contributed by atoms with Gasteiger partial charge in [0.05, 0.1) is 12.2 Å². The molecule has 0 aliphatic carbocycles. The largest absolute Gasteiger partial charge is 0.477 e. The van der Waals surface area contributed by atoms with Crippen molar-refractivity contribution in [3.8, 4) is 0 Å². The predicted molar refractivity (Wildman–Crippen MR) is 110 cm³/mol. The molecule has 2 heterocycles. The number of aromatic nitrogens is 2. The maximum atomic E-state index is 12.7. The number of benzene rings is 2. The molecule has 4 rings (SSSR count). The van der Waals surface area contributed by atoms with Crippen LogP contribution in [-0.2, 0) is 4.79 Å². The zero-order chi connectivity index (χ0) is 20.2. The number of nitrogens with zero attached hydrogens (tertiary/aromatic N) is 2. The van der Waals surface area contributed by atoms with Gasteiger partial charge in [-0.2, -0.15) is 5.10 Å². The van der Waals surface area contributed by atoms with Gasteiger partial charge in [0.15, 0.2) is 0 Å². The molecule has 0 saturated carbocycles. The fraction of sp³-hybridized carbons (Fsp3) is 0.0455. The summed E-state index contributed by atoms with van der Waals surface area (Å²) in [6.07, 6.45) is 6.72. The summed E-state index contributed by atoms with van der Waals surface area (Å²) >= 11 is 0. The second-order valence-corrected chi connectivity index (χ2v) is 6.44. The van der Waals surface area contributed by atoms with Gasteiger partial charge in [-0.15, -0.1) is 0 Å². The lowest BCUT2D eigenvalue weighted by molar-refractivity contribution is -0.132. The first-order valence-electron chi connectivity index (χ1n) is 9.01. The zero-order valence-corrected chi connectivity index (χ0v) is 15.3. The molecule has 1 aromatic heterocycles. The second-order valence-electron chi connectivity index (χ2n) is 6.44. The van der Waals surface area contributed by atoms with E-state index in [1.165, 1.54) is 6.20 Å². The van der Waals surface area contributed by atoms with E-state index in [0.29, 0.717) is 11.5 Å². The van der Waals surface area contributed by atoms with Gasteiger partial charge in [-0.25, -0.2) is 9.48 Å². The maximum absolute atomic E-state index is 12.7. The topological polar surface area (TPSA) is 96.2 Å². The highest BCUT2D eigenvalue weighted by molar-refractivity contribution is 6.08. The molecule has 0 saturated heterocycles. The smallest absolute Gasteiger partial charge is 0.352 e. The molecular weight excluding hydrogens is 368 g/mol. The summed E-state index contributed by atoms with van der Waals surface area (Å²) < 4.78 is 1.59. The second kappa shape index (κ2) is 7.85. The lowest BCUT2D eigenvalue weighted by Crippen LogP contribution is -2.24. The van der Waals surface area contributed by atoms with Gasteiger partial charge >= 0.3 is 5.97 Å². The molecule has 0 radical (unpaired) electrons. The molecule has 1 atom stereocenters. The molecule has 144 valence electrons. The zero-order valence-electron chi connectivity index (χ0n) is 15.3. The van der Waals surface area contributed by atoms with Gasteiger partial charge in [-0.1, -0.05) is 60.7 Å². The Morgan fingerprint density at radius 2 is 1.76 bits per heavy atom. The average Bonchev–Trinajstić information content (AvgIpc) is 3.18. The number of carbonyl (C=O) groups excluding carboxylic acids is 1. The third kappa shape index (κ3) is 3.93. The van der Waals surface area contributed by atoms with Crippen LogP contribution >= 0.6 is 0 Å². The monoisotopic (exact) mass is 386 g/mol. The Bertz CT molecular complexity index is 1100. The van der Waals surface area contributed by atoms with E-state index in [0.717, 1.165) is 5.56 Å². The standard InChI is InChI=1S/C22H18N4O3/c27-21(24-16-9-5-2-6-10-16)18-14-23-26-17(12-11-15-7-3-1-4-8-15)13-19(22(28)29)25-20(18)26/h1-14,17,25H,(H,24,27)(H,28,29)/b12-11+. The van der Waals surface area contributed by atoms with Crippen LogP contribution < -0.4 is 10.6 Å². The Morgan fingerprint density at radius 3 is 2.45 bits per heavy atom. The summed E-state index contributed by atoms with van der Waals surface area (Å²) in [6.45, 7) is 0. The Kier molecular flexibility index (Phi) is 4.94. The number of rotatable bonds is 5. The molecule has 1 amide bonds. The predicted octanol–water partition coefficient (Wildman–Crippen LogP) is 3.78. The normalized spacial score (nSPS) is 15.3. The van der Waals surface area contributed by atoms with E-state index in [1.807, 2.05) is 60.7 Å². The number of allylic oxidation sites excluding steroid dienone is 2. The van der Waals surface area contributed by atoms with Gasteiger partial charge in [0.2, 0.25) is 0 Å². The number of hydrogen-bond acceptors (Lipinski definition) is 4. The highest BCUT2D eigenvalue weighted by atomic mass is 16.4. The minimum Gasteiger partial charge on any atom is -0.477 e. The number of carboxylic acids is 1. The lowest BCUT2D eigenvalue weighted by atomic mass is 10.1. The van der Waals surface area contributed by atoms with Crippen molar-refractivity contribution in [2.75, 3.05) is 10.6 Å². The van der Waals surface area contributed by atoms with Crippen molar-refractivity contribution in [1.82, 2.24) is 9.78 Å². The van der Waals surface area contributed by atoms with E-state index in [-0.39, 0.29) is 17.2 Å². The molecule has 3 N–H and O–H groups in total. The van der Waals surface area contributed by atoms with Gasteiger partial charge in [-0.3, -0.25) is 4.79 Å². The van der Waals surface area contributed by atoms with E-state index >= 15 is 0 Å². The van der Waals surface area contributed by atoms with Crippen molar-refractivity contribution in [3.05, 3.63) is 95.8 Å². The first-order valence-corrected chi connectivity index (χ1v) is 9.01. The SMILES string of the molecule is O=C(O)C1=CC(/C=C/c2ccccc2)n2ncc(C(=O)Nc3ccccc3)c2N1. The van der Waals surface area contributed by atoms with Crippen LogP contribution in [0.3, 0.4) is 0 Å². The minimum atomic E-state index is -1.11. The Labute approximate surface area is 167 Å². The fourth-order valence-corrected chi connectivity index (χ4v) is 3.05. The van der Waals surface area contributed by atoms with Crippen molar-refractivity contribution in [3.63, 3.8) is 0 Å². The first kappa shape index (κ1) is 18.2. The molecule has 7 nitrogen and oxygen atoms in total. The van der Waals surface area contributed by atoms with E-state index in [9.17, 15) is 14.7 Å². The number of carboxylic acid groups (broad SMARTS) is 1. The number of hydrogen-bond donors (Lipinski definition) is 3. The van der Waals surface area contributed by atoms with Crippen molar-refractivity contribution >= 4 is 29.5 Å². The molecule has 0 fully saturated rings. The van der Waals surface area contributed by atoms with Gasteiger partial charge in [-0.05, 0) is 23.8 Å². The molecular formula is C22H18N4O3. The molecule has 3 aromatic rings. The maximum Gasteiger partial charge on any atom is 0.352 e. The van der Waals surface area contributed by atoms with Gasteiger partial charge in [0.25, 0.3) is 5.91 Å². The van der Waals surface area contributed by atoms with Gasteiger partial charge in [0.1, 0.15) is 17.1 Å². The summed E-state index contributed by atoms with van der Waals surface area (Å²) in [5.41, 5.74) is 1.88. The number of anilines is 2. The molecule has 29 heavy (non-hydrogen) atoms. The molecule has 2 aromatic carbocycles. The number of carbonyl (C=O) groups is 2. The highest BCUT2D eigenvalue weighted by Crippen LogP contribution is 2.29.